The summed E-state index contributed by atoms with van der Waals surface area (Å²) >= 11 is 2.57. The van der Waals surface area contributed by atoms with E-state index < -0.39 is 11.2 Å². The van der Waals surface area contributed by atoms with Crippen LogP contribution in [0.1, 0.15) is 52.2 Å². The molecule has 37 heavy (non-hydrogen) atoms. The molecule has 1 aliphatic rings. The third-order valence-electron chi connectivity index (χ3n) is 6.45. The Hall–Kier alpha value is -3.44. The molecule has 11 heteroatoms. The summed E-state index contributed by atoms with van der Waals surface area (Å²) in [6, 6.07) is 5.92. The van der Waals surface area contributed by atoms with Gasteiger partial charge in [0.2, 0.25) is 5.91 Å². The van der Waals surface area contributed by atoms with Gasteiger partial charge in [-0.15, -0.1) is 11.3 Å². The van der Waals surface area contributed by atoms with E-state index >= 15 is 0 Å². The maximum Gasteiger partial charge on any atom is 0.341 e. The van der Waals surface area contributed by atoms with Crippen molar-refractivity contribution in [2.24, 2.45) is 0 Å². The lowest BCUT2D eigenvalue weighted by Crippen LogP contribution is -2.24. The van der Waals surface area contributed by atoms with Gasteiger partial charge in [0, 0.05) is 4.88 Å². The van der Waals surface area contributed by atoms with Crippen LogP contribution in [-0.4, -0.2) is 43.5 Å². The third kappa shape index (κ3) is 4.80. The zero-order chi connectivity index (χ0) is 26.3. The number of fused-ring (bicyclic) bond motifs is 2. The maximum absolute atomic E-state index is 13.1. The van der Waals surface area contributed by atoms with Crippen molar-refractivity contribution < 1.29 is 14.3 Å². The van der Waals surface area contributed by atoms with Crippen molar-refractivity contribution in [3.05, 3.63) is 61.9 Å². The predicted octanol–water partition coefficient (Wildman–Crippen LogP) is 4.57. The van der Waals surface area contributed by atoms with Gasteiger partial charge in [0.1, 0.15) is 10.4 Å². The standard InChI is InChI=1S/C26H27N5O4S2/c1-5-35-25(34)20-17-7-6-8-19(17)37-24(20)29-22(32)15(4)36-26-28-21-18(23(33)30-26)12-27-31(21)16-10-9-13(2)14(3)11-16/h9-12,15H,5-8H2,1-4H3,(H,29,32)(H,28,30,33)/t15-/m0/s1. The Labute approximate surface area is 221 Å². The SMILES string of the molecule is CCOC(=O)c1c(NC(=O)[C@H](C)Sc2nc3c(cnn3-c3ccc(C)c(C)c3)c(=O)[nH]2)sc2c1CCC2. The molecule has 3 aromatic heterocycles. The monoisotopic (exact) mass is 537 g/mol. The molecule has 0 saturated carbocycles. The number of carbonyl (C=O) groups is 2. The molecule has 1 aliphatic carbocycles. The summed E-state index contributed by atoms with van der Waals surface area (Å²) in [5.41, 5.74) is 4.60. The minimum Gasteiger partial charge on any atom is -0.462 e. The van der Waals surface area contributed by atoms with Gasteiger partial charge in [-0.1, -0.05) is 17.8 Å². The van der Waals surface area contributed by atoms with Gasteiger partial charge in [0.15, 0.2) is 10.8 Å². The summed E-state index contributed by atoms with van der Waals surface area (Å²) < 4.78 is 6.88. The van der Waals surface area contributed by atoms with Crippen LogP contribution in [0.15, 0.2) is 34.3 Å². The molecule has 0 radical (unpaired) electrons. The van der Waals surface area contributed by atoms with Gasteiger partial charge in [0.25, 0.3) is 5.56 Å². The van der Waals surface area contributed by atoms with Gasteiger partial charge in [0.05, 0.1) is 29.3 Å². The number of H-pyrrole nitrogens is 1. The summed E-state index contributed by atoms with van der Waals surface area (Å²) in [5, 5.41) is 7.90. The summed E-state index contributed by atoms with van der Waals surface area (Å²) in [5.74, 6) is -0.700. The zero-order valence-corrected chi connectivity index (χ0v) is 22.6. The second kappa shape index (κ2) is 10.1. The predicted molar refractivity (Wildman–Crippen MR) is 145 cm³/mol. The largest absolute Gasteiger partial charge is 0.462 e. The highest BCUT2D eigenvalue weighted by atomic mass is 32.2. The molecule has 0 fully saturated rings. The summed E-state index contributed by atoms with van der Waals surface area (Å²) in [6.07, 6.45) is 4.19. The normalized spacial score (nSPS) is 13.5. The number of esters is 1. The molecule has 9 nitrogen and oxygen atoms in total. The van der Waals surface area contributed by atoms with Crippen molar-refractivity contribution in [2.45, 2.75) is 57.4 Å². The molecule has 0 unspecified atom stereocenters. The number of nitrogens with zero attached hydrogens (tertiary/aromatic N) is 3. The van der Waals surface area contributed by atoms with Crippen LogP contribution in [0.3, 0.4) is 0 Å². The number of nitrogens with one attached hydrogen (secondary N) is 2. The van der Waals surface area contributed by atoms with Crippen LogP contribution in [0.2, 0.25) is 0 Å². The van der Waals surface area contributed by atoms with Gasteiger partial charge < -0.3 is 15.0 Å². The lowest BCUT2D eigenvalue weighted by Gasteiger charge is -2.12. The van der Waals surface area contributed by atoms with Crippen molar-refractivity contribution in [3.8, 4) is 5.69 Å². The maximum atomic E-state index is 13.1. The van der Waals surface area contributed by atoms with E-state index in [0.29, 0.717) is 26.8 Å². The van der Waals surface area contributed by atoms with Crippen molar-refractivity contribution in [1.82, 2.24) is 19.7 Å². The average Bonchev–Trinajstić information content (AvgIpc) is 3.55. The quantitative estimate of drug-likeness (QED) is 0.201. The van der Waals surface area contributed by atoms with Crippen LogP contribution >= 0.6 is 23.1 Å². The highest BCUT2D eigenvalue weighted by Crippen LogP contribution is 2.40. The van der Waals surface area contributed by atoms with Crippen molar-refractivity contribution in [2.75, 3.05) is 11.9 Å². The summed E-state index contributed by atoms with van der Waals surface area (Å²) in [7, 11) is 0. The molecular weight excluding hydrogens is 510 g/mol. The molecule has 4 aromatic rings. The lowest BCUT2D eigenvalue weighted by atomic mass is 10.1. The van der Waals surface area contributed by atoms with Crippen molar-refractivity contribution in [1.29, 1.82) is 0 Å². The molecule has 0 saturated heterocycles. The number of ether oxygens (including phenoxy) is 1. The van der Waals surface area contributed by atoms with E-state index in [0.717, 1.165) is 58.3 Å². The lowest BCUT2D eigenvalue weighted by molar-refractivity contribution is -0.115. The van der Waals surface area contributed by atoms with Crippen LogP contribution in [0.5, 0.6) is 0 Å². The fourth-order valence-electron chi connectivity index (χ4n) is 4.35. The van der Waals surface area contributed by atoms with Gasteiger partial charge >= 0.3 is 5.97 Å². The first-order valence-corrected chi connectivity index (χ1v) is 13.8. The van der Waals surface area contributed by atoms with E-state index in [1.165, 1.54) is 17.5 Å². The summed E-state index contributed by atoms with van der Waals surface area (Å²) in [6.45, 7) is 7.81. The summed E-state index contributed by atoms with van der Waals surface area (Å²) in [4.78, 5) is 47.0. The zero-order valence-electron chi connectivity index (χ0n) is 21.0. The Morgan fingerprint density at radius 3 is 2.84 bits per heavy atom. The second-order valence-corrected chi connectivity index (χ2v) is 11.4. The second-order valence-electron chi connectivity index (χ2n) is 8.96. The third-order valence-corrected chi connectivity index (χ3v) is 8.64. The van der Waals surface area contributed by atoms with E-state index in [4.69, 9.17) is 4.74 Å². The molecule has 0 aliphatic heterocycles. The van der Waals surface area contributed by atoms with E-state index in [2.05, 4.69) is 20.4 Å². The minimum absolute atomic E-state index is 0.267. The van der Waals surface area contributed by atoms with Crippen LogP contribution in [0.4, 0.5) is 5.00 Å². The number of thiophene rings is 1. The van der Waals surface area contributed by atoms with Crippen LogP contribution in [0.25, 0.3) is 16.7 Å². The van der Waals surface area contributed by atoms with E-state index in [1.807, 2.05) is 32.0 Å². The number of aromatic nitrogens is 4. The Bertz CT molecular complexity index is 1590. The fraction of sp³-hybridized carbons (Fsp3) is 0.346. The Morgan fingerprint density at radius 2 is 2.08 bits per heavy atom. The Balaban J connectivity index is 1.39. The highest BCUT2D eigenvalue weighted by Gasteiger charge is 2.29. The average molecular weight is 538 g/mol. The van der Waals surface area contributed by atoms with E-state index in [9.17, 15) is 14.4 Å². The number of anilines is 1. The highest BCUT2D eigenvalue weighted by molar-refractivity contribution is 8.00. The molecule has 5 rings (SSSR count). The Morgan fingerprint density at radius 1 is 1.27 bits per heavy atom. The first-order valence-electron chi connectivity index (χ1n) is 12.1. The van der Waals surface area contributed by atoms with E-state index in [-0.39, 0.29) is 18.1 Å². The fourth-order valence-corrected chi connectivity index (χ4v) is 6.42. The van der Waals surface area contributed by atoms with Crippen molar-refractivity contribution >= 4 is 51.0 Å². The van der Waals surface area contributed by atoms with Crippen molar-refractivity contribution in [3.63, 3.8) is 0 Å². The number of thioether (sulfide) groups is 1. The molecule has 1 atom stereocenters. The molecular formula is C26H27N5O4S2. The Kier molecular flexibility index (Phi) is 6.91. The van der Waals surface area contributed by atoms with Crippen LogP contribution < -0.4 is 10.9 Å². The molecule has 1 aromatic carbocycles. The molecule has 0 spiro atoms. The number of carbonyl (C=O) groups excluding carboxylic acids is 2. The van der Waals surface area contributed by atoms with Crippen LogP contribution in [-0.2, 0) is 22.4 Å². The molecule has 0 bridgehead atoms. The number of hydrogen-bond acceptors (Lipinski definition) is 8. The van der Waals surface area contributed by atoms with Gasteiger partial charge in [-0.25, -0.2) is 14.5 Å². The molecule has 3 heterocycles. The van der Waals surface area contributed by atoms with E-state index in [1.54, 1.807) is 18.5 Å². The number of aryl methyl sites for hydroxylation is 3. The topological polar surface area (TPSA) is 119 Å². The molecule has 192 valence electrons. The van der Waals surface area contributed by atoms with Gasteiger partial charge in [-0.05, 0) is 75.8 Å². The minimum atomic E-state index is -0.592. The number of aromatic amines is 1. The van der Waals surface area contributed by atoms with Crippen LogP contribution in [0, 0.1) is 13.8 Å². The number of rotatable bonds is 7. The number of benzene rings is 1. The number of hydrogen-bond donors (Lipinski definition) is 2. The molecule has 1 amide bonds. The number of amides is 1. The molecule has 2 N–H and O–H groups in total. The van der Waals surface area contributed by atoms with Gasteiger partial charge in [-0.3, -0.25) is 9.59 Å². The first kappa shape index (κ1) is 25.2. The smallest absolute Gasteiger partial charge is 0.341 e. The first-order chi connectivity index (χ1) is 17.8. The van der Waals surface area contributed by atoms with Gasteiger partial charge in [-0.2, -0.15) is 5.10 Å².